The molecule has 0 radical (unpaired) electrons. The standard InChI is InChI=1S/C12H21NO/c1-4-7-13-9-12-6-5-11(14-12)8-10(2)3/h5-6,10,13H,4,7-9H2,1-3H3. The first kappa shape index (κ1) is 11.3. The number of rotatable bonds is 6. The van der Waals surface area contributed by atoms with Gasteiger partial charge in [-0.25, -0.2) is 0 Å². The van der Waals surface area contributed by atoms with E-state index in [0.717, 1.165) is 31.0 Å². The van der Waals surface area contributed by atoms with Crippen LogP contribution < -0.4 is 5.32 Å². The van der Waals surface area contributed by atoms with Gasteiger partial charge >= 0.3 is 0 Å². The van der Waals surface area contributed by atoms with Crippen LogP contribution in [-0.4, -0.2) is 6.54 Å². The van der Waals surface area contributed by atoms with Crippen LogP contribution in [0.15, 0.2) is 16.5 Å². The van der Waals surface area contributed by atoms with E-state index in [1.165, 1.54) is 6.42 Å². The van der Waals surface area contributed by atoms with Crippen molar-refractivity contribution in [1.29, 1.82) is 0 Å². The summed E-state index contributed by atoms with van der Waals surface area (Å²) >= 11 is 0. The fourth-order valence-electron chi connectivity index (χ4n) is 1.42. The highest BCUT2D eigenvalue weighted by molar-refractivity contribution is 5.07. The molecule has 0 spiro atoms. The molecule has 0 saturated carbocycles. The Morgan fingerprint density at radius 2 is 2.00 bits per heavy atom. The minimum absolute atomic E-state index is 0.664. The molecule has 2 heteroatoms. The number of nitrogens with one attached hydrogen (secondary N) is 1. The van der Waals surface area contributed by atoms with Crippen LogP contribution in [0.25, 0.3) is 0 Å². The summed E-state index contributed by atoms with van der Waals surface area (Å²) in [4.78, 5) is 0. The lowest BCUT2D eigenvalue weighted by molar-refractivity contribution is 0.426. The highest BCUT2D eigenvalue weighted by Gasteiger charge is 2.03. The van der Waals surface area contributed by atoms with Gasteiger partial charge < -0.3 is 9.73 Å². The van der Waals surface area contributed by atoms with E-state index in [9.17, 15) is 0 Å². The highest BCUT2D eigenvalue weighted by atomic mass is 16.3. The molecule has 0 aliphatic heterocycles. The summed E-state index contributed by atoms with van der Waals surface area (Å²) in [6.45, 7) is 8.49. The van der Waals surface area contributed by atoms with E-state index in [1.54, 1.807) is 0 Å². The summed E-state index contributed by atoms with van der Waals surface area (Å²) in [6.07, 6.45) is 2.20. The summed E-state index contributed by atoms with van der Waals surface area (Å²) in [5.41, 5.74) is 0. The monoisotopic (exact) mass is 195 g/mol. The van der Waals surface area contributed by atoms with Crippen molar-refractivity contribution in [2.24, 2.45) is 5.92 Å². The lowest BCUT2D eigenvalue weighted by Gasteiger charge is -2.01. The van der Waals surface area contributed by atoms with E-state index in [1.807, 2.05) is 0 Å². The molecule has 0 bridgehead atoms. The largest absolute Gasteiger partial charge is 0.465 e. The second-order valence-electron chi connectivity index (χ2n) is 4.14. The van der Waals surface area contributed by atoms with Gasteiger partial charge in [0.15, 0.2) is 0 Å². The van der Waals surface area contributed by atoms with Gasteiger partial charge in [0.2, 0.25) is 0 Å². The molecule has 0 fully saturated rings. The zero-order valence-corrected chi connectivity index (χ0v) is 9.47. The summed E-state index contributed by atoms with van der Waals surface area (Å²) in [7, 11) is 0. The van der Waals surface area contributed by atoms with Crippen molar-refractivity contribution in [3.05, 3.63) is 23.7 Å². The average molecular weight is 195 g/mol. The Hall–Kier alpha value is -0.760. The van der Waals surface area contributed by atoms with Gasteiger partial charge in [-0.05, 0) is 31.0 Å². The van der Waals surface area contributed by atoms with Crippen LogP contribution in [0.3, 0.4) is 0 Å². The molecule has 0 atom stereocenters. The fraction of sp³-hybridized carbons (Fsp3) is 0.667. The molecule has 2 nitrogen and oxygen atoms in total. The molecule has 0 unspecified atom stereocenters. The van der Waals surface area contributed by atoms with Crippen LogP contribution >= 0.6 is 0 Å². The molecule has 1 N–H and O–H groups in total. The van der Waals surface area contributed by atoms with Gasteiger partial charge in [-0.3, -0.25) is 0 Å². The zero-order valence-electron chi connectivity index (χ0n) is 9.47. The van der Waals surface area contributed by atoms with E-state index >= 15 is 0 Å². The Morgan fingerprint density at radius 1 is 1.29 bits per heavy atom. The minimum Gasteiger partial charge on any atom is -0.465 e. The normalized spacial score (nSPS) is 11.1. The molecule has 1 aromatic heterocycles. The van der Waals surface area contributed by atoms with E-state index in [0.29, 0.717) is 5.92 Å². The molecule has 14 heavy (non-hydrogen) atoms. The molecular formula is C12H21NO. The second kappa shape index (κ2) is 5.86. The second-order valence-corrected chi connectivity index (χ2v) is 4.14. The maximum absolute atomic E-state index is 5.68. The van der Waals surface area contributed by atoms with Crippen LogP contribution in [0.1, 0.15) is 38.7 Å². The first-order valence-corrected chi connectivity index (χ1v) is 5.50. The summed E-state index contributed by atoms with van der Waals surface area (Å²) in [5.74, 6) is 2.82. The van der Waals surface area contributed by atoms with Crippen molar-refractivity contribution in [3.63, 3.8) is 0 Å². The highest BCUT2D eigenvalue weighted by Crippen LogP contribution is 2.12. The number of hydrogen-bond donors (Lipinski definition) is 1. The Bertz CT molecular complexity index is 253. The van der Waals surface area contributed by atoms with Gasteiger partial charge in [0.1, 0.15) is 11.5 Å². The van der Waals surface area contributed by atoms with Crippen LogP contribution in [0.5, 0.6) is 0 Å². The van der Waals surface area contributed by atoms with Gasteiger partial charge in [-0.1, -0.05) is 20.8 Å². The molecule has 0 amide bonds. The van der Waals surface area contributed by atoms with Crippen LogP contribution in [0, 0.1) is 5.92 Å². The summed E-state index contributed by atoms with van der Waals surface area (Å²) in [5, 5.41) is 3.32. The molecule has 0 aliphatic rings. The van der Waals surface area contributed by atoms with E-state index in [2.05, 4.69) is 38.2 Å². The van der Waals surface area contributed by atoms with Crippen molar-refractivity contribution < 1.29 is 4.42 Å². The third-order valence-corrected chi connectivity index (χ3v) is 2.05. The van der Waals surface area contributed by atoms with Crippen molar-refractivity contribution in [2.45, 2.75) is 40.2 Å². The fourth-order valence-corrected chi connectivity index (χ4v) is 1.42. The molecule has 0 aliphatic carbocycles. The molecule has 0 aromatic carbocycles. The molecule has 1 heterocycles. The Balaban J connectivity index is 2.35. The Kier molecular flexibility index (Phi) is 4.74. The first-order valence-electron chi connectivity index (χ1n) is 5.50. The van der Waals surface area contributed by atoms with Crippen LogP contribution in [-0.2, 0) is 13.0 Å². The predicted molar refractivity (Wildman–Crippen MR) is 59.2 cm³/mol. The van der Waals surface area contributed by atoms with E-state index in [4.69, 9.17) is 4.42 Å². The molecule has 0 saturated heterocycles. The Labute approximate surface area is 86.7 Å². The van der Waals surface area contributed by atoms with E-state index in [-0.39, 0.29) is 0 Å². The summed E-state index contributed by atoms with van der Waals surface area (Å²) < 4.78 is 5.68. The minimum atomic E-state index is 0.664. The molecule has 1 rings (SSSR count). The zero-order chi connectivity index (χ0) is 10.4. The quantitative estimate of drug-likeness (QED) is 0.706. The van der Waals surface area contributed by atoms with Gasteiger partial charge in [-0.2, -0.15) is 0 Å². The maximum atomic E-state index is 5.68. The third-order valence-electron chi connectivity index (χ3n) is 2.05. The SMILES string of the molecule is CCCNCc1ccc(CC(C)C)o1. The van der Waals surface area contributed by atoms with Gasteiger partial charge in [-0.15, -0.1) is 0 Å². The van der Waals surface area contributed by atoms with Crippen molar-refractivity contribution in [2.75, 3.05) is 6.54 Å². The van der Waals surface area contributed by atoms with Crippen molar-refractivity contribution in [1.82, 2.24) is 5.32 Å². The lowest BCUT2D eigenvalue weighted by Crippen LogP contribution is -2.13. The smallest absolute Gasteiger partial charge is 0.117 e. The topological polar surface area (TPSA) is 25.2 Å². The average Bonchev–Trinajstić information content (AvgIpc) is 2.52. The lowest BCUT2D eigenvalue weighted by atomic mass is 10.1. The third kappa shape index (κ3) is 3.97. The maximum Gasteiger partial charge on any atom is 0.117 e. The number of hydrogen-bond acceptors (Lipinski definition) is 2. The Morgan fingerprint density at radius 3 is 2.64 bits per heavy atom. The van der Waals surface area contributed by atoms with Gasteiger partial charge in [0.05, 0.1) is 6.54 Å². The predicted octanol–water partition coefficient (Wildman–Crippen LogP) is 2.98. The van der Waals surface area contributed by atoms with E-state index < -0.39 is 0 Å². The molecule has 80 valence electrons. The van der Waals surface area contributed by atoms with Gasteiger partial charge in [0, 0.05) is 6.42 Å². The summed E-state index contributed by atoms with van der Waals surface area (Å²) in [6, 6.07) is 4.16. The van der Waals surface area contributed by atoms with Gasteiger partial charge in [0.25, 0.3) is 0 Å². The number of furan rings is 1. The van der Waals surface area contributed by atoms with Crippen molar-refractivity contribution >= 4 is 0 Å². The first-order chi connectivity index (χ1) is 6.72. The van der Waals surface area contributed by atoms with Crippen molar-refractivity contribution in [3.8, 4) is 0 Å². The molecular weight excluding hydrogens is 174 g/mol. The molecule has 1 aromatic rings. The van der Waals surface area contributed by atoms with Crippen LogP contribution in [0.4, 0.5) is 0 Å². The van der Waals surface area contributed by atoms with Crippen LogP contribution in [0.2, 0.25) is 0 Å².